The number of benzene rings is 1. The molecular formula is C10H12F2O3S. The van der Waals surface area contributed by atoms with Crippen molar-refractivity contribution in [3.8, 4) is 5.75 Å². The lowest BCUT2D eigenvalue weighted by atomic mass is 10.0. The number of hydrogen-bond donors (Lipinski definition) is 4. The minimum absolute atomic E-state index is 0.0781. The maximum atomic E-state index is 12.9. The summed E-state index contributed by atoms with van der Waals surface area (Å²) >= 11 is 3.87. The molecule has 0 saturated carbocycles. The predicted molar refractivity (Wildman–Crippen MR) is 57.5 cm³/mol. The highest BCUT2D eigenvalue weighted by Crippen LogP contribution is 2.27. The van der Waals surface area contributed by atoms with Gasteiger partial charge >= 0.3 is 0 Å². The van der Waals surface area contributed by atoms with Crippen molar-refractivity contribution >= 4 is 12.6 Å². The fourth-order valence-corrected chi connectivity index (χ4v) is 1.54. The van der Waals surface area contributed by atoms with E-state index in [4.69, 9.17) is 5.11 Å². The number of phenolic OH excluding ortho intramolecular Hbond substituents is 1. The number of hydrogen-bond acceptors (Lipinski definition) is 4. The molecule has 90 valence electrons. The summed E-state index contributed by atoms with van der Waals surface area (Å²) in [6.45, 7) is 0. The predicted octanol–water partition coefficient (Wildman–Crippen LogP) is 1.38. The van der Waals surface area contributed by atoms with Crippen LogP contribution in [-0.2, 0) is 0 Å². The van der Waals surface area contributed by atoms with Crippen molar-refractivity contribution in [3.63, 3.8) is 0 Å². The summed E-state index contributed by atoms with van der Waals surface area (Å²) < 4.78 is 25.6. The summed E-state index contributed by atoms with van der Waals surface area (Å²) in [5, 5.41) is 28.0. The van der Waals surface area contributed by atoms with Gasteiger partial charge in [0, 0.05) is 0 Å². The van der Waals surface area contributed by atoms with Crippen molar-refractivity contribution in [2.24, 2.45) is 0 Å². The van der Waals surface area contributed by atoms with Crippen molar-refractivity contribution in [2.45, 2.75) is 18.6 Å². The highest BCUT2D eigenvalue weighted by Gasteiger charge is 2.21. The lowest BCUT2D eigenvalue weighted by Crippen LogP contribution is -2.19. The van der Waals surface area contributed by atoms with Crippen molar-refractivity contribution in [1.82, 2.24) is 0 Å². The monoisotopic (exact) mass is 250 g/mol. The van der Waals surface area contributed by atoms with Crippen LogP contribution in [0.25, 0.3) is 0 Å². The van der Waals surface area contributed by atoms with Crippen molar-refractivity contribution in [2.75, 3.05) is 5.75 Å². The molecule has 0 bridgehead atoms. The van der Waals surface area contributed by atoms with E-state index in [2.05, 4.69) is 12.6 Å². The zero-order chi connectivity index (χ0) is 12.3. The molecule has 2 unspecified atom stereocenters. The zero-order valence-electron chi connectivity index (χ0n) is 8.27. The molecule has 0 heterocycles. The number of aliphatic hydroxyl groups excluding tert-OH is 2. The SMILES string of the molecule is Oc1cc(C(O)C(O)CCS)cc(F)c1F. The standard InChI is InChI=1S/C10H12F2O3S/c11-6-3-5(4-8(14)9(6)12)10(15)7(13)1-2-16/h3-4,7,10,13-16H,1-2H2. The molecule has 16 heavy (non-hydrogen) atoms. The van der Waals surface area contributed by atoms with Crippen LogP contribution in [0.15, 0.2) is 12.1 Å². The van der Waals surface area contributed by atoms with Gasteiger partial charge in [-0.1, -0.05) is 0 Å². The molecule has 6 heteroatoms. The number of thiol groups is 1. The summed E-state index contributed by atoms with van der Waals surface area (Å²) in [6, 6.07) is 1.62. The Bertz CT molecular complexity index is 350. The summed E-state index contributed by atoms with van der Waals surface area (Å²) in [5.41, 5.74) is -0.0781. The van der Waals surface area contributed by atoms with Gasteiger partial charge in [-0.15, -0.1) is 0 Å². The van der Waals surface area contributed by atoms with Gasteiger partial charge in [0.1, 0.15) is 6.10 Å². The molecule has 0 saturated heterocycles. The third kappa shape index (κ3) is 2.84. The van der Waals surface area contributed by atoms with Crippen LogP contribution in [0, 0.1) is 11.6 Å². The normalized spacial score (nSPS) is 14.8. The number of aromatic hydroxyl groups is 1. The summed E-state index contributed by atoms with van der Waals surface area (Å²) in [5.74, 6) is -3.20. The first-order valence-corrected chi connectivity index (χ1v) is 5.25. The Morgan fingerprint density at radius 3 is 2.38 bits per heavy atom. The molecule has 3 N–H and O–H groups in total. The average molecular weight is 250 g/mol. The second kappa shape index (κ2) is 5.47. The van der Waals surface area contributed by atoms with Gasteiger partial charge in [0.15, 0.2) is 17.4 Å². The molecule has 0 aliphatic heterocycles. The number of rotatable bonds is 4. The largest absolute Gasteiger partial charge is 0.505 e. The maximum absolute atomic E-state index is 12.9. The van der Waals surface area contributed by atoms with Crippen LogP contribution in [0.5, 0.6) is 5.75 Å². The first-order chi connectivity index (χ1) is 7.47. The van der Waals surface area contributed by atoms with Crippen LogP contribution in [0.2, 0.25) is 0 Å². The van der Waals surface area contributed by atoms with Crippen molar-refractivity contribution in [1.29, 1.82) is 0 Å². The third-order valence-corrected chi connectivity index (χ3v) is 2.42. The van der Waals surface area contributed by atoms with Gasteiger partial charge in [0.2, 0.25) is 0 Å². The Hall–Kier alpha value is -0.850. The highest BCUT2D eigenvalue weighted by atomic mass is 32.1. The molecule has 0 aromatic heterocycles. The first kappa shape index (κ1) is 13.2. The summed E-state index contributed by atoms with van der Waals surface area (Å²) in [7, 11) is 0. The molecule has 0 fully saturated rings. The molecule has 0 aliphatic carbocycles. The van der Waals surface area contributed by atoms with Crippen LogP contribution in [0.1, 0.15) is 18.1 Å². The molecule has 0 aliphatic rings. The Kier molecular flexibility index (Phi) is 4.52. The molecular weight excluding hydrogens is 238 g/mol. The molecule has 1 aromatic carbocycles. The lowest BCUT2D eigenvalue weighted by Gasteiger charge is -2.17. The molecule has 1 aromatic rings. The molecule has 3 nitrogen and oxygen atoms in total. The van der Waals surface area contributed by atoms with Gasteiger partial charge in [0.25, 0.3) is 0 Å². The number of halogens is 2. The van der Waals surface area contributed by atoms with Crippen molar-refractivity contribution < 1.29 is 24.1 Å². The minimum Gasteiger partial charge on any atom is -0.505 e. The van der Waals surface area contributed by atoms with Crippen LogP contribution < -0.4 is 0 Å². The third-order valence-electron chi connectivity index (χ3n) is 2.16. The van der Waals surface area contributed by atoms with Crippen LogP contribution in [0.3, 0.4) is 0 Å². The quantitative estimate of drug-likeness (QED) is 0.611. The van der Waals surface area contributed by atoms with Gasteiger partial charge < -0.3 is 15.3 Å². The fraction of sp³-hybridized carbons (Fsp3) is 0.400. The Morgan fingerprint density at radius 2 is 1.88 bits per heavy atom. The maximum Gasteiger partial charge on any atom is 0.200 e. The van der Waals surface area contributed by atoms with Crippen molar-refractivity contribution in [3.05, 3.63) is 29.3 Å². The Morgan fingerprint density at radius 1 is 1.25 bits per heavy atom. The van der Waals surface area contributed by atoms with E-state index in [1.54, 1.807) is 0 Å². The van der Waals surface area contributed by atoms with Crippen LogP contribution in [-0.4, -0.2) is 27.2 Å². The van der Waals surface area contributed by atoms with E-state index < -0.39 is 29.6 Å². The van der Waals surface area contributed by atoms with E-state index in [1.807, 2.05) is 0 Å². The summed E-state index contributed by atoms with van der Waals surface area (Å²) in [6.07, 6.45) is -2.32. The van der Waals surface area contributed by atoms with Gasteiger partial charge in [-0.25, -0.2) is 4.39 Å². The molecule has 0 radical (unpaired) electrons. The van der Waals surface area contributed by atoms with Gasteiger partial charge in [-0.05, 0) is 29.9 Å². The van der Waals surface area contributed by atoms with E-state index >= 15 is 0 Å². The smallest absolute Gasteiger partial charge is 0.200 e. The van der Waals surface area contributed by atoms with Crippen LogP contribution in [0.4, 0.5) is 8.78 Å². The molecule has 0 spiro atoms. The average Bonchev–Trinajstić information content (AvgIpc) is 2.24. The van der Waals surface area contributed by atoms with E-state index in [0.717, 1.165) is 12.1 Å². The van der Waals surface area contributed by atoms with Gasteiger partial charge in [-0.3, -0.25) is 0 Å². The lowest BCUT2D eigenvalue weighted by molar-refractivity contribution is 0.0169. The minimum atomic E-state index is -1.38. The number of aliphatic hydroxyl groups is 2. The molecule has 0 amide bonds. The van der Waals surface area contributed by atoms with Crippen LogP contribution >= 0.6 is 12.6 Å². The fourth-order valence-electron chi connectivity index (χ4n) is 1.28. The topological polar surface area (TPSA) is 60.7 Å². The van der Waals surface area contributed by atoms with Gasteiger partial charge in [-0.2, -0.15) is 17.0 Å². The zero-order valence-corrected chi connectivity index (χ0v) is 9.16. The highest BCUT2D eigenvalue weighted by molar-refractivity contribution is 7.80. The van der Waals surface area contributed by atoms with E-state index in [1.165, 1.54) is 0 Å². The molecule has 2 atom stereocenters. The van der Waals surface area contributed by atoms with Gasteiger partial charge in [0.05, 0.1) is 6.10 Å². The van der Waals surface area contributed by atoms with E-state index in [9.17, 15) is 19.0 Å². The second-order valence-corrected chi connectivity index (χ2v) is 3.81. The van der Waals surface area contributed by atoms with E-state index in [0.29, 0.717) is 5.75 Å². The summed E-state index contributed by atoms with van der Waals surface area (Å²) in [4.78, 5) is 0. The Labute approximate surface area is 96.8 Å². The molecule has 1 rings (SSSR count). The second-order valence-electron chi connectivity index (χ2n) is 3.36. The van der Waals surface area contributed by atoms with E-state index in [-0.39, 0.29) is 12.0 Å². The first-order valence-electron chi connectivity index (χ1n) is 4.62. The Balaban J connectivity index is 2.96. The number of phenols is 1.